The fourth-order valence-corrected chi connectivity index (χ4v) is 1.88. The molecule has 0 saturated heterocycles. The molecule has 1 unspecified atom stereocenters. The van der Waals surface area contributed by atoms with Gasteiger partial charge < -0.3 is 15.5 Å². The maximum Gasteiger partial charge on any atom is 0.305 e. The molecule has 20 heavy (non-hydrogen) atoms. The molecule has 0 aliphatic heterocycles. The molecule has 0 aliphatic rings. The molecular weight excluding hydrogens is 258 g/mol. The quantitative estimate of drug-likeness (QED) is 0.493. The second-order valence-electron chi connectivity index (χ2n) is 4.85. The lowest BCUT2D eigenvalue weighted by Gasteiger charge is -2.16. The number of aryl methyl sites for hydroxylation is 2. The van der Waals surface area contributed by atoms with Gasteiger partial charge in [-0.1, -0.05) is 12.1 Å². The second kappa shape index (κ2) is 7.77. The zero-order chi connectivity index (χ0) is 15.1. The molecule has 0 fully saturated rings. The van der Waals surface area contributed by atoms with E-state index in [1.165, 1.54) is 0 Å². The van der Waals surface area contributed by atoms with Gasteiger partial charge in [-0.15, -0.1) is 0 Å². The molecule has 0 bridgehead atoms. The summed E-state index contributed by atoms with van der Waals surface area (Å²) >= 11 is 0. The Labute approximate surface area is 118 Å². The van der Waals surface area contributed by atoms with Gasteiger partial charge in [0.2, 0.25) is 0 Å². The summed E-state index contributed by atoms with van der Waals surface area (Å²) in [5, 5.41) is 20.5. The number of carbonyl (C=O) groups is 2. The zero-order valence-electron chi connectivity index (χ0n) is 11.8. The molecule has 5 nitrogen and oxygen atoms in total. The van der Waals surface area contributed by atoms with Crippen LogP contribution < -0.4 is 5.32 Å². The van der Waals surface area contributed by atoms with Crippen molar-refractivity contribution >= 4 is 11.8 Å². The first-order valence-electron chi connectivity index (χ1n) is 6.63. The first-order chi connectivity index (χ1) is 9.45. The molecule has 0 amide bonds. The highest BCUT2D eigenvalue weighted by Crippen LogP contribution is 2.13. The van der Waals surface area contributed by atoms with E-state index in [-0.39, 0.29) is 18.8 Å². The van der Waals surface area contributed by atoms with Crippen molar-refractivity contribution in [3.8, 4) is 0 Å². The topological polar surface area (TPSA) is 86.6 Å². The SMILES string of the molecule is Cc1ccc(C(=O)C(CC(=O)O)NCCCO)cc1C. The van der Waals surface area contributed by atoms with E-state index in [1.54, 1.807) is 12.1 Å². The van der Waals surface area contributed by atoms with Crippen LogP contribution in [0.4, 0.5) is 0 Å². The van der Waals surface area contributed by atoms with E-state index in [4.69, 9.17) is 10.2 Å². The number of rotatable bonds is 8. The summed E-state index contributed by atoms with van der Waals surface area (Å²) in [5.41, 5.74) is 2.60. The number of ketones is 1. The Bertz CT molecular complexity index is 485. The van der Waals surface area contributed by atoms with E-state index in [9.17, 15) is 9.59 Å². The van der Waals surface area contributed by atoms with E-state index >= 15 is 0 Å². The number of aliphatic carboxylic acids is 1. The highest BCUT2D eigenvalue weighted by Gasteiger charge is 2.22. The lowest BCUT2D eigenvalue weighted by atomic mass is 9.98. The summed E-state index contributed by atoms with van der Waals surface area (Å²) in [7, 11) is 0. The Hall–Kier alpha value is -1.72. The fraction of sp³-hybridized carbons (Fsp3) is 0.467. The maximum absolute atomic E-state index is 12.3. The molecule has 0 spiro atoms. The molecular formula is C15H21NO4. The minimum absolute atomic E-state index is 0.00459. The van der Waals surface area contributed by atoms with Crippen molar-refractivity contribution in [2.45, 2.75) is 32.7 Å². The molecule has 110 valence electrons. The van der Waals surface area contributed by atoms with Crippen molar-refractivity contribution < 1.29 is 19.8 Å². The van der Waals surface area contributed by atoms with Gasteiger partial charge in [0, 0.05) is 12.2 Å². The van der Waals surface area contributed by atoms with Crippen molar-refractivity contribution in [3.05, 3.63) is 34.9 Å². The average Bonchev–Trinajstić information content (AvgIpc) is 2.40. The van der Waals surface area contributed by atoms with Crippen molar-refractivity contribution in [3.63, 3.8) is 0 Å². The van der Waals surface area contributed by atoms with Crippen LogP contribution in [0.1, 0.15) is 34.3 Å². The third-order valence-corrected chi connectivity index (χ3v) is 3.21. The van der Waals surface area contributed by atoms with Crippen molar-refractivity contribution in [1.82, 2.24) is 5.32 Å². The molecule has 1 aromatic carbocycles. The van der Waals surface area contributed by atoms with Crippen LogP contribution in [0.2, 0.25) is 0 Å². The third kappa shape index (κ3) is 4.75. The fourth-order valence-electron chi connectivity index (χ4n) is 1.88. The zero-order valence-corrected chi connectivity index (χ0v) is 11.8. The van der Waals surface area contributed by atoms with Crippen molar-refractivity contribution in [2.75, 3.05) is 13.2 Å². The van der Waals surface area contributed by atoms with Crippen molar-refractivity contribution in [1.29, 1.82) is 0 Å². The van der Waals surface area contributed by atoms with Crippen LogP contribution in [-0.2, 0) is 4.79 Å². The smallest absolute Gasteiger partial charge is 0.305 e. The highest BCUT2D eigenvalue weighted by atomic mass is 16.4. The van der Waals surface area contributed by atoms with E-state index in [2.05, 4.69) is 5.32 Å². The Morgan fingerprint density at radius 1 is 1.25 bits per heavy atom. The van der Waals surface area contributed by atoms with Crippen LogP contribution in [-0.4, -0.2) is 41.2 Å². The third-order valence-electron chi connectivity index (χ3n) is 3.21. The Morgan fingerprint density at radius 3 is 2.50 bits per heavy atom. The molecule has 0 aromatic heterocycles. The lowest BCUT2D eigenvalue weighted by Crippen LogP contribution is -2.39. The minimum Gasteiger partial charge on any atom is -0.481 e. The Balaban J connectivity index is 2.84. The number of hydrogen-bond acceptors (Lipinski definition) is 4. The monoisotopic (exact) mass is 279 g/mol. The van der Waals surface area contributed by atoms with Crippen LogP contribution in [0.5, 0.6) is 0 Å². The first-order valence-corrected chi connectivity index (χ1v) is 6.63. The number of carboxylic acids is 1. The molecule has 0 radical (unpaired) electrons. The van der Waals surface area contributed by atoms with Crippen LogP contribution in [0, 0.1) is 13.8 Å². The summed E-state index contributed by atoms with van der Waals surface area (Å²) < 4.78 is 0. The van der Waals surface area contributed by atoms with Gasteiger partial charge in [-0.25, -0.2) is 0 Å². The summed E-state index contributed by atoms with van der Waals surface area (Å²) in [5.74, 6) is -1.25. The number of hydrogen-bond donors (Lipinski definition) is 3. The van der Waals surface area contributed by atoms with E-state index in [0.29, 0.717) is 18.5 Å². The number of carboxylic acid groups (broad SMARTS) is 1. The Morgan fingerprint density at radius 2 is 1.95 bits per heavy atom. The number of nitrogens with one attached hydrogen (secondary N) is 1. The molecule has 1 rings (SSSR count). The number of benzene rings is 1. The summed E-state index contributed by atoms with van der Waals surface area (Å²) in [4.78, 5) is 23.2. The second-order valence-corrected chi connectivity index (χ2v) is 4.85. The summed E-state index contributed by atoms with van der Waals surface area (Å²) in [6.45, 7) is 4.28. The summed E-state index contributed by atoms with van der Waals surface area (Å²) in [6, 6.07) is 4.59. The number of aliphatic hydroxyl groups is 1. The van der Waals surface area contributed by atoms with Gasteiger partial charge in [0.1, 0.15) is 0 Å². The van der Waals surface area contributed by atoms with Gasteiger partial charge in [-0.3, -0.25) is 9.59 Å². The average molecular weight is 279 g/mol. The molecule has 5 heteroatoms. The predicted molar refractivity (Wildman–Crippen MR) is 76.0 cm³/mol. The molecule has 1 atom stereocenters. The molecule has 1 aromatic rings. The van der Waals surface area contributed by atoms with E-state index < -0.39 is 12.0 Å². The van der Waals surface area contributed by atoms with Gasteiger partial charge in [0.25, 0.3) is 0 Å². The molecule has 0 heterocycles. The standard InChI is InChI=1S/C15H21NO4/c1-10-4-5-12(8-11(10)2)15(20)13(9-14(18)19)16-6-3-7-17/h4-5,8,13,16-17H,3,6-7,9H2,1-2H3,(H,18,19). The van der Waals surface area contributed by atoms with Crippen LogP contribution in [0.3, 0.4) is 0 Å². The van der Waals surface area contributed by atoms with Crippen molar-refractivity contribution in [2.24, 2.45) is 0 Å². The first kappa shape index (κ1) is 16.3. The Kier molecular flexibility index (Phi) is 6.35. The van der Waals surface area contributed by atoms with Gasteiger partial charge >= 0.3 is 5.97 Å². The number of carbonyl (C=O) groups excluding carboxylic acids is 1. The largest absolute Gasteiger partial charge is 0.481 e. The number of Topliss-reactive ketones (excluding diaryl/α,β-unsaturated/α-hetero) is 1. The van der Waals surface area contributed by atoms with E-state index in [0.717, 1.165) is 11.1 Å². The molecule has 3 N–H and O–H groups in total. The van der Waals surface area contributed by atoms with Crippen LogP contribution in [0.15, 0.2) is 18.2 Å². The van der Waals surface area contributed by atoms with Gasteiger partial charge in [0.15, 0.2) is 5.78 Å². The highest BCUT2D eigenvalue weighted by molar-refractivity contribution is 6.01. The van der Waals surface area contributed by atoms with Gasteiger partial charge in [0.05, 0.1) is 12.5 Å². The van der Waals surface area contributed by atoms with Crippen LogP contribution in [0.25, 0.3) is 0 Å². The minimum atomic E-state index is -1.02. The van der Waals surface area contributed by atoms with E-state index in [1.807, 2.05) is 19.9 Å². The predicted octanol–water partition coefficient (Wildman–Crippen LogP) is 1.30. The van der Waals surface area contributed by atoms with Gasteiger partial charge in [-0.2, -0.15) is 0 Å². The van der Waals surface area contributed by atoms with Gasteiger partial charge in [-0.05, 0) is 44.0 Å². The van der Waals surface area contributed by atoms with Crippen LogP contribution >= 0.6 is 0 Å². The lowest BCUT2D eigenvalue weighted by molar-refractivity contribution is -0.137. The maximum atomic E-state index is 12.3. The summed E-state index contributed by atoms with van der Waals surface area (Å²) in [6.07, 6.45) is 0.216. The number of aliphatic hydroxyl groups excluding tert-OH is 1. The molecule has 0 saturated carbocycles. The normalized spacial score (nSPS) is 12.2. The molecule has 0 aliphatic carbocycles.